The number of rotatable bonds is 5. The Morgan fingerprint density at radius 2 is 2.12 bits per heavy atom. The number of hydrogen-bond donors (Lipinski definition) is 0. The molecular weight excluding hydrogens is 326 g/mol. The van der Waals surface area contributed by atoms with Crippen molar-refractivity contribution in [3.05, 3.63) is 59.7 Å². The second-order valence-electron chi connectivity index (χ2n) is 5.96. The Labute approximate surface area is 154 Å². The first-order chi connectivity index (χ1) is 12.7. The molecule has 4 heteroatoms. The number of fused-ring (bicyclic) bond motifs is 1. The second kappa shape index (κ2) is 8.26. The van der Waals surface area contributed by atoms with Crippen molar-refractivity contribution in [2.75, 3.05) is 25.2 Å². The summed E-state index contributed by atoms with van der Waals surface area (Å²) in [5.74, 6) is 3.56. The Morgan fingerprint density at radius 1 is 1.27 bits per heavy atom. The van der Waals surface area contributed by atoms with Gasteiger partial charge in [-0.2, -0.15) is 0 Å². The number of terminal acetylenes is 1. The molecule has 1 amide bonds. The fourth-order valence-electron chi connectivity index (χ4n) is 3.05. The van der Waals surface area contributed by atoms with Gasteiger partial charge in [-0.05, 0) is 48.2 Å². The molecule has 1 aliphatic heterocycles. The summed E-state index contributed by atoms with van der Waals surface area (Å²) in [6, 6.07) is 13.5. The van der Waals surface area contributed by atoms with E-state index in [-0.39, 0.29) is 12.5 Å². The number of anilines is 1. The summed E-state index contributed by atoms with van der Waals surface area (Å²) in [6.45, 7) is 0.917. The van der Waals surface area contributed by atoms with Crippen molar-refractivity contribution < 1.29 is 14.3 Å². The molecule has 0 saturated carbocycles. The molecule has 1 aliphatic rings. The Kier molecular flexibility index (Phi) is 5.60. The summed E-state index contributed by atoms with van der Waals surface area (Å²) in [7, 11) is 1.57. The third kappa shape index (κ3) is 3.89. The van der Waals surface area contributed by atoms with Gasteiger partial charge in [-0.15, -0.1) is 6.42 Å². The first-order valence-electron chi connectivity index (χ1n) is 8.54. The van der Waals surface area contributed by atoms with Crippen LogP contribution >= 0.6 is 0 Å². The zero-order valence-corrected chi connectivity index (χ0v) is 14.8. The van der Waals surface area contributed by atoms with Gasteiger partial charge in [0.25, 0.3) is 5.91 Å². The minimum Gasteiger partial charge on any atom is -0.493 e. The predicted octanol–water partition coefficient (Wildman–Crippen LogP) is 3.70. The lowest BCUT2D eigenvalue weighted by atomic mass is 10.0. The standard InChI is InChI=1S/C22H21NO3/c1-3-15-26-20-12-10-17(16-21(20)25-2)11-13-22(24)23-14-6-8-18-7-4-5-9-19(18)23/h1,4-5,7,9-13,16H,6,8,14-15H2,2H3/b13-11+. The van der Waals surface area contributed by atoms with Crippen molar-refractivity contribution in [1.29, 1.82) is 0 Å². The van der Waals surface area contributed by atoms with Gasteiger partial charge in [0.1, 0.15) is 6.61 Å². The summed E-state index contributed by atoms with van der Waals surface area (Å²) in [5.41, 5.74) is 3.08. The maximum atomic E-state index is 12.7. The van der Waals surface area contributed by atoms with Crippen LogP contribution in [0.3, 0.4) is 0 Å². The van der Waals surface area contributed by atoms with E-state index in [1.54, 1.807) is 25.3 Å². The smallest absolute Gasteiger partial charge is 0.250 e. The number of benzene rings is 2. The van der Waals surface area contributed by atoms with Crippen LogP contribution in [0, 0.1) is 12.3 Å². The van der Waals surface area contributed by atoms with Crippen molar-refractivity contribution in [2.45, 2.75) is 12.8 Å². The van der Waals surface area contributed by atoms with Crippen LogP contribution in [0.25, 0.3) is 6.08 Å². The van der Waals surface area contributed by atoms with E-state index in [2.05, 4.69) is 12.0 Å². The lowest BCUT2D eigenvalue weighted by Gasteiger charge is -2.28. The maximum absolute atomic E-state index is 12.7. The molecule has 0 atom stereocenters. The van der Waals surface area contributed by atoms with Gasteiger partial charge < -0.3 is 14.4 Å². The molecule has 132 valence electrons. The largest absolute Gasteiger partial charge is 0.493 e. The van der Waals surface area contributed by atoms with Crippen molar-refractivity contribution in [3.8, 4) is 23.8 Å². The van der Waals surface area contributed by atoms with Crippen molar-refractivity contribution in [3.63, 3.8) is 0 Å². The monoisotopic (exact) mass is 347 g/mol. The first-order valence-corrected chi connectivity index (χ1v) is 8.54. The van der Waals surface area contributed by atoms with Crippen LogP contribution in [0.5, 0.6) is 11.5 Å². The average Bonchev–Trinajstić information content (AvgIpc) is 2.70. The normalized spacial score (nSPS) is 13.2. The predicted molar refractivity (Wildman–Crippen MR) is 103 cm³/mol. The molecule has 0 bridgehead atoms. The molecule has 0 aliphatic carbocycles. The maximum Gasteiger partial charge on any atom is 0.250 e. The van der Waals surface area contributed by atoms with Gasteiger partial charge in [0.15, 0.2) is 11.5 Å². The number of carbonyl (C=O) groups excluding carboxylic acids is 1. The molecule has 0 spiro atoms. The molecule has 26 heavy (non-hydrogen) atoms. The lowest BCUT2D eigenvalue weighted by Crippen LogP contribution is -2.34. The highest BCUT2D eigenvalue weighted by Crippen LogP contribution is 2.29. The summed E-state index contributed by atoms with van der Waals surface area (Å²) in [5, 5.41) is 0. The summed E-state index contributed by atoms with van der Waals surface area (Å²) >= 11 is 0. The van der Waals surface area contributed by atoms with Crippen LogP contribution in [-0.4, -0.2) is 26.2 Å². The summed E-state index contributed by atoms with van der Waals surface area (Å²) in [6.07, 6.45) is 10.6. The van der Waals surface area contributed by atoms with E-state index >= 15 is 0 Å². The van der Waals surface area contributed by atoms with Crippen LogP contribution in [0.4, 0.5) is 5.69 Å². The van der Waals surface area contributed by atoms with Gasteiger partial charge in [0.05, 0.1) is 7.11 Å². The van der Waals surface area contributed by atoms with E-state index in [1.807, 2.05) is 35.2 Å². The number of ether oxygens (including phenoxy) is 2. The zero-order chi connectivity index (χ0) is 18.4. The first kappa shape index (κ1) is 17.6. The van der Waals surface area contributed by atoms with Gasteiger partial charge in [0, 0.05) is 18.3 Å². The van der Waals surface area contributed by atoms with Crippen LogP contribution in [0.1, 0.15) is 17.5 Å². The van der Waals surface area contributed by atoms with E-state index < -0.39 is 0 Å². The molecule has 3 rings (SSSR count). The van der Waals surface area contributed by atoms with E-state index in [1.165, 1.54) is 5.56 Å². The SMILES string of the molecule is C#CCOc1ccc(/C=C/C(=O)N2CCCc3ccccc32)cc1OC. The Hall–Kier alpha value is -3.19. The van der Waals surface area contributed by atoms with Crippen molar-refractivity contribution >= 4 is 17.7 Å². The highest BCUT2D eigenvalue weighted by Gasteiger charge is 2.20. The van der Waals surface area contributed by atoms with Gasteiger partial charge >= 0.3 is 0 Å². The number of hydrogen-bond acceptors (Lipinski definition) is 3. The fourth-order valence-corrected chi connectivity index (χ4v) is 3.05. The topological polar surface area (TPSA) is 38.8 Å². The molecule has 2 aromatic rings. The molecule has 0 N–H and O–H groups in total. The lowest BCUT2D eigenvalue weighted by molar-refractivity contribution is -0.114. The third-order valence-electron chi connectivity index (χ3n) is 4.29. The fraction of sp³-hybridized carbons (Fsp3) is 0.227. The second-order valence-corrected chi connectivity index (χ2v) is 5.96. The minimum absolute atomic E-state index is 0.0243. The van der Waals surface area contributed by atoms with E-state index in [0.29, 0.717) is 11.5 Å². The quantitative estimate of drug-likeness (QED) is 0.611. The van der Waals surface area contributed by atoms with Crippen LogP contribution in [-0.2, 0) is 11.2 Å². The molecule has 0 unspecified atom stereocenters. The van der Waals surface area contributed by atoms with E-state index in [4.69, 9.17) is 15.9 Å². The average molecular weight is 347 g/mol. The Morgan fingerprint density at radius 3 is 2.92 bits per heavy atom. The molecule has 1 heterocycles. The van der Waals surface area contributed by atoms with Crippen LogP contribution in [0.2, 0.25) is 0 Å². The molecular formula is C22H21NO3. The van der Waals surface area contributed by atoms with Crippen LogP contribution < -0.4 is 14.4 Å². The third-order valence-corrected chi connectivity index (χ3v) is 4.29. The minimum atomic E-state index is -0.0243. The van der Waals surface area contributed by atoms with Crippen molar-refractivity contribution in [1.82, 2.24) is 0 Å². The number of carbonyl (C=O) groups is 1. The van der Waals surface area contributed by atoms with Crippen LogP contribution in [0.15, 0.2) is 48.5 Å². The number of methoxy groups -OCH3 is 1. The number of para-hydroxylation sites is 1. The molecule has 4 nitrogen and oxygen atoms in total. The summed E-state index contributed by atoms with van der Waals surface area (Å²) < 4.78 is 10.8. The Bertz CT molecular complexity index is 864. The highest BCUT2D eigenvalue weighted by molar-refractivity contribution is 6.04. The molecule has 0 saturated heterocycles. The Balaban J connectivity index is 1.76. The highest BCUT2D eigenvalue weighted by atomic mass is 16.5. The van der Waals surface area contributed by atoms with Gasteiger partial charge in [-0.1, -0.05) is 30.2 Å². The molecule has 0 fully saturated rings. The summed E-state index contributed by atoms with van der Waals surface area (Å²) in [4.78, 5) is 14.5. The number of nitrogens with zero attached hydrogens (tertiary/aromatic N) is 1. The van der Waals surface area contributed by atoms with E-state index in [9.17, 15) is 4.79 Å². The van der Waals surface area contributed by atoms with Gasteiger partial charge in [-0.3, -0.25) is 4.79 Å². The zero-order valence-electron chi connectivity index (χ0n) is 14.8. The molecule has 0 aromatic heterocycles. The number of amides is 1. The molecule has 0 radical (unpaired) electrons. The number of aryl methyl sites for hydroxylation is 1. The molecule has 2 aromatic carbocycles. The van der Waals surface area contributed by atoms with Gasteiger partial charge in [-0.25, -0.2) is 0 Å². The van der Waals surface area contributed by atoms with Crippen molar-refractivity contribution in [2.24, 2.45) is 0 Å². The van der Waals surface area contributed by atoms with E-state index in [0.717, 1.165) is 30.6 Å². The van der Waals surface area contributed by atoms with Gasteiger partial charge in [0.2, 0.25) is 0 Å².